The van der Waals surface area contributed by atoms with Gasteiger partial charge in [0.1, 0.15) is 5.82 Å². The fourth-order valence-corrected chi connectivity index (χ4v) is 1.39. The molecule has 0 atom stereocenters. The van der Waals surface area contributed by atoms with E-state index in [-0.39, 0.29) is 6.61 Å². The van der Waals surface area contributed by atoms with Crippen molar-refractivity contribution in [1.29, 1.82) is 0 Å². The van der Waals surface area contributed by atoms with Crippen molar-refractivity contribution >= 4 is 11.7 Å². The lowest BCUT2D eigenvalue weighted by Gasteiger charge is -2.24. The number of halogens is 2. The highest BCUT2D eigenvalue weighted by molar-refractivity contribution is 5.79. The Kier molecular flexibility index (Phi) is 4.59. The van der Waals surface area contributed by atoms with Crippen LogP contribution in [0.1, 0.15) is 20.8 Å². The Morgan fingerprint density at radius 1 is 1.40 bits per heavy atom. The fraction of sp³-hybridized carbons (Fsp3) is 0.417. The highest BCUT2D eigenvalue weighted by atomic mass is 19.1. The summed E-state index contributed by atoms with van der Waals surface area (Å²) in [7, 11) is 0. The molecule has 1 aromatic carbocycles. The predicted molar refractivity (Wildman–Crippen MR) is 64.4 cm³/mol. The van der Waals surface area contributed by atoms with Crippen molar-refractivity contribution in [2.75, 3.05) is 6.61 Å². The van der Waals surface area contributed by atoms with Gasteiger partial charge < -0.3 is 9.47 Å². The third-order valence-electron chi connectivity index (χ3n) is 2.31. The van der Waals surface area contributed by atoms with Crippen LogP contribution >= 0.6 is 0 Å². The van der Waals surface area contributed by atoms with Crippen molar-refractivity contribution in [3.8, 4) is 5.75 Å². The van der Waals surface area contributed by atoms with Gasteiger partial charge in [-0.15, -0.1) is 0 Å². The lowest BCUT2D eigenvalue weighted by Crippen LogP contribution is -2.40. The van der Waals surface area contributed by atoms with E-state index in [9.17, 15) is 23.7 Å². The number of carbonyl (C=O) groups excluding carboxylic acids is 1. The molecule has 0 aliphatic rings. The largest absolute Gasteiger partial charge is 0.467 e. The SMILES string of the molecule is CCOC(=O)C(C)(C)Oc1c(F)cc(F)cc1[N+](=O)[O-]. The number of benzene rings is 1. The average Bonchev–Trinajstić information content (AvgIpc) is 2.32. The highest BCUT2D eigenvalue weighted by Crippen LogP contribution is 2.34. The zero-order valence-corrected chi connectivity index (χ0v) is 11.1. The molecule has 0 fully saturated rings. The van der Waals surface area contributed by atoms with Gasteiger partial charge in [0.25, 0.3) is 0 Å². The van der Waals surface area contributed by atoms with E-state index < -0.39 is 39.6 Å². The lowest BCUT2D eigenvalue weighted by molar-refractivity contribution is -0.386. The first-order valence-electron chi connectivity index (χ1n) is 5.68. The normalized spacial score (nSPS) is 11.1. The zero-order chi connectivity index (χ0) is 15.5. The maximum Gasteiger partial charge on any atom is 0.349 e. The quantitative estimate of drug-likeness (QED) is 0.473. The first kappa shape index (κ1) is 15.8. The number of nitro benzene ring substituents is 1. The molecule has 0 aromatic heterocycles. The monoisotopic (exact) mass is 289 g/mol. The molecule has 20 heavy (non-hydrogen) atoms. The molecule has 0 unspecified atom stereocenters. The van der Waals surface area contributed by atoms with Gasteiger partial charge in [-0.05, 0) is 20.8 Å². The van der Waals surface area contributed by atoms with Gasteiger partial charge in [-0.25, -0.2) is 13.6 Å². The van der Waals surface area contributed by atoms with Gasteiger partial charge in [0.05, 0.1) is 17.6 Å². The number of carbonyl (C=O) groups is 1. The van der Waals surface area contributed by atoms with Crippen molar-refractivity contribution in [3.05, 3.63) is 33.9 Å². The number of ether oxygens (including phenoxy) is 2. The number of esters is 1. The van der Waals surface area contributed by atoms with E-state index in [1.54, 1.807) is 6.92 Å². The van der Waals surface area contributed by atoms with Crippen molar-refractivity contribution < 1.29 is 28.0 Å². The van der Waals surface area contributed by atoms with Crippen LogP contribution in [0.15, 0.2) is 12.1 Å². The minimum atomic E-state index is -1.65. The first-order valence-corrected chi connectivity index (χ1v) is 5.68. The number of hydrogen-bond acceptors (Lipinski definition) is 5. The Labute approximate surface area is 113 Å². The van der Waals surface area contributed by atoms with Gasteiger partial charge >= 0.3 is 11.7 Å². The van der Waals surface area contributed by atoms with Crippen LogP contribution in [0.5, 0.6) is 5.75 Å². The third kappa shape index (κ3) is 3.40. The van der Waals surface area contributed by atoms with Gasteiger partial charge in [-0.3, -0.25) is 10.1 Å². The molecule has 0 bridgehead atoms. The maximum absolute atomic E-state index is 13.6. The van der Waals surface area contributed by atoms with Gasteiger partial charge in [0.2, 0.25) is 11.4 Å². The van der Waals surface area contributed by atoms with Gasteiger partial charge in [0.15, 0.2) is 5.82 Å². The average molecular weight is 289 g/mol. The summed E-state index contributed by atoms with van der Waals surface area (Å²) in [4.78, 5) is 21.4. The summed E-state index contributed by atoms with van der Waals surface area (Å²) in [5, 5.41) is 10.8. The molecule has 0 heterocycles. The van der Waals surface area contributed by atoms with Gasteiger partial charge in [-0.1, -0.05) is 0 Å². The number of hydrogen-bond donors (Lipinski definition) is 0. The fourth-order valence-electron chi connectivity index (χ4n) is 1.39. The Morgan fingerprint density at radius 2 is 2.00 bits per heavy atom. The second kappa shape index (κ2) is 5.81. The Hall–Kier alpha value is -2.25. The molecule has 110 valence electrons. The van der Waals surface area contributed by atoms with Crippen LogP contribution in [0, 0.1) is 21.7 Å². The van der Waals surface area contributed by atoms with E-state index in [2.05, 4.69) is 0 Å². The molecule has 8 heteroatoms. The highest BCUT2D eigenvalue weighted by Gasteiger charge is 2.36. The van der Waals surface area contributed by atoms with E-state index in [1.165, 1.54) is 13.8 Å². The lowest BCUT2D eigenvalue weighted by atomic mass is 10.1. The summed E-state index contributed by atoms with van der Waals surface area (Å²) in [5.74, 6) is -4.02. The van der Waals surface area contributed by atoms with E-state index >= 15 is 0 Å². The molecule has 0 aliphatic heterocycles. The van der Waals surface area contributed by atoms with Crippen LogP contribution in [0.4, 0.5) is 14.5 Å². The van der Waals surface area contributed by atoms with Crippen LogP contribution in [-0.4, -0.2) is 23.1 Å². The van der Waals surface area contributed by atoms with Crippen molar-refractivity contribution in [2.24, 2.45) is 0 Å². The van der Waals surface area contributed by atoms with Crippen LogP contribution < -0.4 is 4.74 Å². The van der Waals surface area contributed by atoms with Gasteiger partial charge in [0, 0.05) is 6.07 Å². The topological polar surface area (TPSA) is 78.7 Å². The van der Waals surface area contributed by atoms with Crippen LogP contribution in [0.3, 0.4) is 0 Å². The number of nitrogens with zero attached hydrogens (tertiary/aromatic N) is 1. The summed E-state index contributed by atoms with van der Waals surface area (Å²) in [6, 6.07) is 0.948. The molecule has 0 saturated heterocycles. The standard InChI is InChI=1S/C12H13F2NO5/c1-4-19-11(16)12(2,3)20-10-8(14)5-7(13)6-9(10)15(17)18/h5-6H,4H2,1-3H3. The Morgan fingerprint density at radius 3 is 2.50 bits per heavy atom. The summed E-state index contributed by atoms with van der Waals surface area (Å²) < 4.78 is 36.4. The van der Waals surface area contributed by atoms with Crippen LogP contribution in [-0.2, 0) is 9.53 Å². The van der Waals surface area contributed by atoms with Crippen molar-refractivity contribution in [1.82, 2.24) is 0 Å². The smallest absolute Gasteiger partial charge is 0.349 e. The minimum absolute atomic E-state index is 0.0691. The minimum Gasteiger partial charge on any atom is -0.467 e. The molecule has 6 nitrogen and oxygen atoms in total. The maximum atomic E-state index is 13.6. The van der Waals surface area contributed by atoms with Crippen LogP contribution in [0.25, 0.3) is 0 Å². The number of nitro groups is 1. The summed E-state index contributed by atoms with van der Waals surface area (Å²) in [6.07, 6.45) is 0. The molecule has 0 spiro atoms. The molecule has 0 saturated carbocycles. The second-order valence-electron chi connectivity index (χ2n) is 4.33. The molecular weight excluding hydrogens is 276 g/mol. The van der Waals surface area contributed by atoms with E-state index in [0.717, 1.165) is 0 Å². The van der Waals surface area contributed by atoms with Crippen molar-refractivity contribution in [3.63, 3.8) is 0 Å². The molecule has 0 radical (unpaired) electrons. The summed E-state index contributed by atoms with van der Waals surface area (Å²) >= 11 is 0. The molecule has 0 N–H and O–H groups in total. The molecule has 1 aromatic rings. The molecular formula is C12H13F2NO5. The second-order valence-corrected chi connectivity index (χ2v) is 4.33. The molecule has 0 aliphatic carbocycles. The molecule has 0 amide bonds. The first-order chi connectivity index (χ1) is 9.19. The van der Waals surface area contributed by atoms with E-state index in [0.29, 0.717) is 12.1 Å². The summed E-state index contributed by atoms with van der Waals surface area (Å²) in [5.41, 5.74) is -2.56. The Bertz CT molecular complexity index is 545. The summed E-state index contributed by atoms with van der Waals surface area (Å²) in [6.45, 7) is 4.16. The van der Waals surface area contributed by atoms with Crippen molar-refractivity contribution in [2.45, 2.75) is 26.4 Å². The zero-order valence-electron chi connectivity index (χ0n) is 11.1. The third-order valence-corrected chi connectivity index (χ3v) is 2.31. The number of rotatable bonds is 5. The van der Waals surface area contributed by atoms with E-state index in [1.807, 2.05) is 0 Å². The predicted octanol–water partition coefficient (Wildman–Crippen LogP) is 2.59. The Balaban J connectivity index is 3.20. The van der Waals surface area contributed by atoms with E-state index in [4.69, 9.17) is 9.47 Å². The molecule has 1 rings (SSSR count). The van der Waals surface area contributed by atoms with Gasteiger partial charge in [-0.2, -0.15) is 0 Å². The van der Waals surface area contributed by atoms with Crippen LogP contribution in [0.2, 0.25) is 0 Å².